The Morgan fingerprint density at radius 1 is 1.50 bits per heavy atom. The Bertz CT molecular complexity index is 386. The van der Waals surface area contributed by atoms with Crippen LogP contribution in [0.1, 0.15) is 34.1 Å². The third kappa shape index (κ3) is 2.74. The number of amides is 2. The van der Waals surface area contributed by atoms with Crippen LogP contribution in [-0.2, 0) is 20.4 Å². The zero-order valence-corrected chi connectivity index (χ0v) is 12.5. The molecule has 1 N–H and O–H groups in total. The fourth-order valence-corrected chi connectivity index (χ4v) is 2.30. The monoisotopic (exact) mass is 274 g/mol. The lowest BCUT2D eigenvalue weighted by Crippen LogP contribution is -2.69. The Balaban J connectivity index is 2.96. The van der Waals surface area contributed by atoms with E-state index in [1.165, 1.54) is 0 Å². The van der Waals surface area contributed by atoms with Gasteiger partial charge in [0.1, 0.15) is 11.6 Å². The molecule has 1 heterocycles. The van der Waals surface area contributed by atoms with Gasteiger partial charge in [0.05, 0.1) is 0 Å². The summed E-state index contributed by atoms with van der Waals surface area (Å²) in [6.07, 6.45) is 2.16. The van der Waals surface area contributed by atoms with Crippen LogP contribution >= 0.6 is 0 Å². The molecule has 0 radical (unpaired) electrons. The van der Waals surface area contributed by atoms with Gasteiger partial charge in [0, 0.05) is 28.9 Å². The zero-order chi connectivity index (χ0) is 14.1. The summed E-state index contributed by atoms with van der Waals surface area (Å²) in [6.45, 7) is 7.49. The van der Waals surface area contributed by atoms with Gasteiger partial charge in [0.25, 0.3) is 0 Å². The highest BCUT2D eigenvalue weighted by Crippen LogP contribution is 2.21. The number of nitrogens with zero attached hydrogens (tertiary/aromatic N) is 1. The van der Waals surface area contributed by atoms with Crippen LogP contribution in [0.5, 0.6) is 0 Å². The first-order chi connectivity index (χ1) is 8.23. The summed E-state index contributed by atoms with van der Waals surface area (Å²) in [5.41, 5.74) is -0.835. The van der Waals surface area contributed by atoms with Crippen LogP contribution in [0.15, 0.2) is 0 Å². The van der Waals surface area contributed by atoms with E-state index in [9.17, 15) is 13.8 Å². The van der Waals surface area contributed by atoms with Crippen molar-refractivity contribution in [1.29, 1.82) is 0 Å². The molecule has 18 heavy (non-hydrogen) atoms. The quantitative estimate of drug-likeness (QED) is 0.800. The second kappa shape index (κ2) is 5.38. The molecule has 4 unspecified atom stereocenters. The molecule has 2 amide bonds. The van der Waals surface area contributed by atoms with Crippen LogP contribution in [0, 0.1) is 0 Å². The lowest BCUT2D eigenvalue weighted by atomic mass is 9.92. The summed E-state index contributed by atoms with van der Waals surface area (Å²) in [4.78, 5) is 25.8. The second-order valence-electron chi connectivity index (χ2n) is 5.12. The molecule has 0 aromatic carbocycles. The van der Waals surface area contributed by atoms with Crippen LogP contribution < -0.4 is 5.32 Å². The number of piperazine rings is 1. The largest absolute Gasteiger partial charge is 0.340 e. The van der Waals surface area contributed by atoms with E-state index in [1.54, 1.807) is 25.0 Å². The highest BCUT2D eigenvalue weighted by molar-refractivity contribution is 7.84. The topological polar surface area (TPSA) is 66.5 Å². The summed E-state index contributed by atoms with van der Waals surface area (Å²) in [7, 11) is -1.01. The average Bonchev–Trinajstić information content (AvgIpc) is 2.31. The molecule has 1 rings (SSSR count). The third-order valence-electron chi connectivity index (χ3n) is 3.71. The van der Waals surface area contributed by atoms with Gasteiger partial charge in [-0.2, -0.15) is 0 Å². The van der Waals surface area contributed by atoms with E-state index >= 15 is 0 Å². The molecule has 0 saturated carbocycles. The Labute approximate surface area is 111 Å². The molecule has 1 aliphatic rings. The number of carbonyl (C=O) groups is 2. The lowest BCUT2D eigenvalue weighted by Gasteiger charge is -2.43. The molecular weight excluding hydrogens is 252 g/mol. The number of rotatable bonds is 4. The van der Waals surface area contributed by atoms with Crippen molar-refractivity contribution in [3.63, 3.8) is 0 Å². The van der Waals surface area contributed by atoms with E-state index in [-0.39, 0.29) is 17.1 Å². The van der Waals surface area contributed by atoms with Crippen molar-refractivity contribution < 1.29 is 13.8 Å². The molecule has 5 nitrogen and oxygen atoms in total. The van der Waals surface area contributed by atoms with Gasteiger partial charge in [0.15, 0.2) is 0 Å². The van der Waals surface area contributed by atoms with Gasteiger partial charge in [-0.25, -0.2) is 0 Å². The fourth-order valence-electron chi connectivity index (χ4n) is 1.93. The molecule has 0 aromatic heterocycles. The van der Waals surface area contributed by atoms with Crippen molar-refractivity contribution in [1.82, 2.24) is 10.2 Å². The number of carbonyl (C=O) groups excluding carboxylic acids is 2. The van der Waals surface area contributed by atoms with Gasteiger partial charge in [-0.15, -0.1) is 0 Å². The number of hydrogen-bond acceptors (Lipinski definition) is 3. The molecule has 0 aliphatic carbocycles. The van der Waals surface area contributed by atoms with E-state index in [1.807, 2.05) is 13.8 Å². The number of hydrogen-bond donors (Lipinski definition) is 1. The molecule has 0 spiro atoms. The first kappa shape index (κ1) is 15.1. The minimum absolute atomic E-state index is 0.0885. The van der Waals surface area contributed by atoms with Gasteiger partial charge >= 0.3 is 0 Å². The summed E-state index contributed by atoms with van der Waals surface area (Å²) in [5, 5.41) is 2.63. The molecule has 0 bridgehead atoms. The van der Waals surface area contributed by atoms with Gasteiger partial charge in [-0.1, -0.05) is 6.92 Å². The van der Waals surface area contributed by atoms with Crippen molar-refractivity contribution >= 4 is 22.6 Å². The molecule has 1 aliphatic heterocycles. The maximum atomic E-state index is 12.4. The average molecular weight is 274 g/mol. The normalized spacial score (nSPS) is 32.1. The van der Waals surface area contributed by atoms with Crippen LogP contribution in [0.4, 0.5) is 0 Å². The third-order valence-corrected chi connectivity index (χ3v) is 4.99. The SMILES string of the molecule is CCC1(C)NC(=O)C(C)N(CC(C)S(C)=O)C1=O. The van der Waals surface area contributed by atoms with Crippen LogP contribution in [0.25, 0.3) is 0 Å². The smallest absolute Gasteiger partial charge is 0.248 e. The van der Waals surface area contributed by atoms with Gasteiger partial charge in [-0.05, 0) is 27.2 Å². The minimum Gasteiger partial charge on any atom is -0.340 e. The van der Waals surface area contributed by atoms with E-state index in [2.05, 4.69) is 5.32 Å². The van der Waals surface area contributed by atoms with Crippen molar-refractivity contribution in [3.8, 4) is 0 Å². The summed E-state index contributed by atoms with van der Waals surface area (Å²) < 4.78 is 11.4. The zero-order valence-electron chi connectivity index (χ0n) is 11.6. The van der Waals surface area contributed by atoms with Crippen molar-refractivity contribution in [2.24, 2.45) is 0 Å². The molecule has 4 atom stereocenters. The first-order valence-corrected chi connectivity index (χ1v) is 7.80. The standard InChI is InChI=1S/C12H22N2O3S/c1-6-12(4)11(16)14(7-8(2)18(5)17)9(3)10(15)13-12/h8-9H,6-7H2,1-5H3,(H,13,15). The van der Waals surface area contributed by atoms with Gasteiger partial charge in [-0.3, -0.25) is 13.8 Å². The van der Waals surface area contributed by atoms with E-state index < -0.39 is 22.4 Å². The van der Waals surface area contributed by atoms with E-state index in [0.717, 1.165) is 0 Å². The Kier molecular flexibility index (Phi) is 4.53. The molecule has 0 aromatic rings. The maximum Gasteiger partial charge on any atom is 0.248 e. The Hall–Kier alpha value is -0.910. The number of nitrogens with one attached hydrogen (secondary N) is 1. The molecule has 1 fully saturated rings. The van der Waals surface area contributed by atoms with Gasteiger partial charge in [0.2, 0.25) is 11.8 Å². The fraction of sp³-hybridized carbons (Fsp3) is 0.833. The second-order valence-corrected chi connectivity index (χ2v) is 6.92. The maximum absolute atomic E-state index is 12.4. The predicted molar refractivity (Wildman–Crippen MR) is 71.5 cm³/mol. The lowest BCUT2D eigenvalue weighted by molar-refractivity contribution is -0.153. The minimum atomic E-state index is -1.01. The highest BCUT2D eigenvalue weighted by Gasteiger charge is 2.45. The summed E-state index contributed by atoms with van der Waals surface area (Å²) >= 11 is 0. The van der Waals surface area contributed by atoms with Crippen molar-refractivity contribution in [2.75, 3.05) is 12.8 Å². The van der Waals surface area contributed by atoms with Crippen LogP contribution in [0.2, 0.25) is 0 Å². The molecular formula is C12H22N2O3S. The van der Waals surface area contributed by atoms with Crippen molar-refractivity contribution in [2.45, 2.75) is 50.9 Å². The molecule has 104 valence electrons. The summed E-state index contributed by atoms with van der Waals surface area (Å²) in [5.74, 6) is -0.234. The van der Waals surface area contributed by atoms with Crippen LogP contribution in [-0.4, -0.2) is 50.6 Å². The Morgan fingerprint density at radius 3 is 2.50 bits per heavy atom. The Morgan fingerprint density at radius 2 is 2.06 bits per heavy atom. The van der Waals surface area contributed by atoms with E-state index in [4.69, 9.17) is 0 Å². The van der Waals surface area contributed by atoms with Crippen LogP contribution in [0.3, 0.4) is 0 Å². The molecule has 6 heteroatoms. The van der Waals surface area contributed by atoms with Crippen molar-refractivity contribution in [3.05, 3.63) is 0 Å². The summed E-state index contributed by atoms with van der Waals surface area (Å²) in [6, 6.07) is -0.497. The predicted octanol–water partition coefficient (Wildman–Crippen LogP) is 0.269. The first-order valence-electron chi connectivity index (χ1n) is 6.18. The van der Waals surface area contributed by atoms with Gasteiger partial charge < -0.3 is 10.2 Å². The highest BCUT2D eigenvalue weighted by atomic mass is 32.2. The van der Waals surface area contributed by atoms with E-state index in [0.29, 0.717) is 13.0 Å². The molecule has 1 saturated heterocycles.